The molecule has 2 aromatic rings. The molecular formula is C20H22ClN3O4S. The van der Waals surface area contributed by atoms with Crippen molar-refractivity contribution in [1.29, 1.82) is 0 Å². The van der Waals surface area contributed by atoms with E-state index in [1.807, 2.05) is 12.1 Å². The summed E-state index contributed by atoms with van der Waals surface area (Å²) in [5.74, 6) is -0.325. The number of nitrogens with one attached hydrogen (secondary N) is 3. The molecule has 0 aromatic heterocycles. The summed E-state index contributed by atoms with van der Waals surface area (Å²) in [6.45, 7) is 0.335. The summed E-state index contributed by atoms with van der Waals surface area (Å²) >= 11 is 5.82. The van der Waals surface area contributed by atoms with E-state index >= 15 is 0 Å². The van der Waals surface area contributed by atoms with Crippen LogP contribution in [0.2, 0.25) is 5.02 Å². The maximum atomic E-state index is 12.5. The average molecular weight is 436 g/mol. The van der Waals surface area contributed by atoms with Crippen LogP contribution in [0.5, 0.6) is 0 Å². The van der Waals surface area contributed by atoms with Crippen molar-refractivity contribution in [2.24, 2.45) is 0 Å². The molecule has 154 valence electrons. The molecule has 0 aliphatic carbocycles. The number of aryl methyl sites for hydroxylation is 1. The molecule has 0 atom stereocenters. The maximum absolute atomic E-state index is 12.5. The van der Waals surface area contributed by atoms with Crippen LogP contribution in [0.15, 0.2) is 47.4 Å². The molecule has 3 N–H and O–H groups in total. The van der Waals surface area contributed by atoms with E-state index in [1.54, 1.807) is 24.3 Å². The van der Waals surface area contributed by atoms with Gasteiger partial charge in [-0.25, -0.2) is 13.1 Å². The molecule has 1 aliphatic heterocycles. The van der Waals surface area contributed by atoms with Crippen LogP contribution < -0.4 is 15.4 Å². The fourth-order valence-electron chi connectivity index (χ4n) is 2.99. The van der Waals surface area contributed by atoms with Crippen molar-refractivity contribution in [3.8, 4) is 0 Å². The highest BCUT2D eigenvalue weighted by atomic mass is 35.5. The third-order valence-electron chi connectivity index (χ3n) is 4.56. The quantitative estimate of drug-likeness (QED) is 0.621. The van der Waals surface area contributed by atoms with E-state index in [-0.39, 0.29) is 29.7 Å². The summed E-state index contributed by atoms with van der Waals surface area (Å²) in [4.78, 5) is 23.7. The highest BCUT2D eigenvalue weighted by molar-refractivity contribution is 7.89. The molecule has 0 saturated carbocycles. The molecule has 0 saturated heterocycles. The fourth-order valence-corrected chi connectivity index (χ4v) is 4.20. The van der Waals surface area contributed by atoms with Gasteiger partial charge in [-0.2, -0.15) is 0 Å². The van der Waals surface area contributed by atoms with Crippen LogP contribution in [0, 0.1) is 0 Å². The van der Waals surface area contributed by atoms with E-state index in [0.29, 0.717) is 36.5 Å². The number of hydrogen-bond donors (Lipinski definition) is 3. The number of amides is 2. The van der Waals surface area contributed by atoms with E-state index in [2.05, 4.69) is 15.4 Å². The van der Waals surface area contributed by atoms with E-state index in [9.17, 15) is 18.0 Å². The molecule has 3 rings (SSSR count). The van der Waals surface area contributed by atoms with Crippen LogP contribution in [-0.2, 0) is 32.6 Å². The largest absolute Gasteiger partial charge is 0.352 e. The van der Waals surface area contributed by atoms with E-state index in [1.165, 1.54) is 6.07 Å². The van der Waals surface area contributed by atoms with Gasteiger partial charge in [0.2, 0.25) is 21.8 Å². The number of sulfonamides is 1. The first-order chi connectivity index (χ1) is 13.8. The lowest BCUT2D eigenvalue weighted by Crippen LogP contribution is -2.30. The van der Waals surface area contributed by atoms with Crippen LogP contribution in [0.1, 0.15) is 30.4 Å². The van der Waals surface area contributed by atoms with Gasteiger partial charge in [-0.1, -0.05) is 23.7 Å². The molecule has 1 aliphatic rings. The molecule has 2 aromatic carbocycles. The zero-order valence-corrected chi connectivity index (χ0v) is 17.3. The van der Waals surface area contributed by atoms with Gasteiger partial charge in [0.1, 0.15) is 0 Å². The second-order valence-corrected chi connectivity index (χ2v) is 8.98. The number of halogens is 1. The summed E-state index contributed by atoms with van der Waals surface area (Å²) in [6.07, 6.45) is 1.74. The molecule has 9 heteroatoms. The summed E-state index contributed by atoms with van der Waals surface area (Å²) in [5.41, 5.74) is 2.34. The lowest BCUT2D eigenvalue weighted by molar-refractivity contribution is -0.121. The number of anilines is 1. The van der Waals surface area contributed by atoms with Gasteiger partial charge in [-0.05, 0) is 54.3 Å². The van der Waals surface area contributed by atoms with Gasteiger partial charge in [-0.15, -0.1) is 0 Å². The van der Waals surface area contributed by atoms with Gasteiger partial charge in [0.15, 0.2) is 0 Å². The highest BCUT2D eigenvalue weighted by Crippen LogP contribution is 2.25. The van der Waals surface area contributed by atoms with Crippen molar-refractivity contribution >= 4 is 39.1 Å². The Morgan fingerprint density at radius 1 is 1.10 bits per heavy atom. The number of hydrogen-bond acceptors (Lipinski definition) is 4. The second kappa shape index (κ2) is 9.39. The Kier molecular flexibility index (Phi) is 6.89. The van der Waals surface area contributed by atoms with Crippen LogP contribution >= 0.6 is 11.6 Å². The van der Waals surface area contributed by atoms with Crippen molar-refractivity contribution in [2.45, 2.75) is 37.1 Å². The molecule has 0 radical (unpaired) electrons. The van der Waals surface area contributed by atoms with Gasteiger partial charge in [0.05, 0.1) is 4.90 Å². The topological polar surface area (TPSA) is 104 Å². The molecule has 0 bridgehead atoms. The SMILES string of the molecule is O=C(CCNS(=O)(=O)c1ccc2c(c1)CCCC(=O)N2)NCc1ccc(Cl)cc1. The molecule has 0 fully saturated rings. The molecular weight excluding hydrogens is 414 g/mol. The number of benzene rings is 2. The third-order valence-corrected chi connectivity index (χ3v) is 6.27. The molecule has 1 heterocycles. The van der Waals surface area contributed by atoms with Crippen molar-refractivity contribution in [3.63, 3.8) is 0 Å². The lowest BCUT2D eigenvalue weighted by atomic mass is 10.1. The zero-order chi connectivity index (χ0) is 20.9. The first kappa shape index (κ1) is 21.3. The van der Waals surface area contributed by atoms with Crippen LogP contribution in [0.25, 0.3) is 0 Å². The maximum Gasteiger partial charge on any atom is 0.240 e. The summed E-state index contributed by atoms with van der Waals surface area (Å²) < 4.78 is 27.5. The summed E-state index contributed by atoms with van der Waals surface area (Å²) in [7, 11) is -3.74. The van der Waals surface area contributed by atoms with Gasteiger partial charge in [-0.3, -0.25) is 9.59 Å². The Morgan fingerprint density at radius 2 is 1.86 bits per heavy atom. The van der Waals surface area contributed by atoms with E-state index in [0.717, 1.165) is 11.1 Å². The second-order valence-electron chi connectivity index (χ2n) is 6.77. The number of rotatable bonds is 7. The molecule has 7 nitrogen and oxygen atoms in total. The van der Waals surface area contributed by atoms with E-state index < -0.39 is 10.0 Å². The van der Waals surface area contributed by atoms with Gasteiger partial charge in [0, 0.05) is 36.6 Å². The van der Waals surface area contributed by atoms with Crippen molar-refractivity contribution in [1.82, 2.24) is 10.0 Å². The zero-order valence-electron chi connectivity index (χ0n) is 15.7. The standard InChI is InChI=1S/C20H22ClN3O4S/c21-16-6-4-14(5-7-16)13-22-19(25)10-11-23-29(27,28)17-8-9-18-15(12-17)2-1-3-20(26)24-18/h4-9,12,23H,1-3,10-11,13H2,(H,22,25)(H,24,26). The lowest BCUT2D eigenvalue weighted by Gasteiger charge is -2.11. The van der Waals surface area contributed by atoms with Crippen LogP contribution in [-0.4, -0.2) is 26.8 Å². The highest BCUT2D eigenvalue weighted by Gasteiger charge is 2.19. The summed E-state index contributed by atoms with van der Waals surface area (Å²) in [5, 5.41) is 6.13. The van der Waals surface area contributed by atoms with Crippen molar-refractivity contribution in [2.75, 3.05) is 11.9 Å². The minimum absolute atomic E-state index is 0.0113. The minimum Gasteiger partial charge on any atom is -0.352 e. The van der Waals surface area contributed by atoms with Crippen molar-refractivity contribution in [3.05, 3.63) is 58.6 Å². The Morgan fingerprint density at radius 3 is 2.62 bits per heavy atom. The molecule has 29 heavy (non-hydrogen) atoms. The van der Waals surface area contributed by atoms with Crippen molar-refractivity contribution < 1.29 is 18.0 Å². The predicted molar refractivity (Wildman–Crippen MR) is 111 cm³/mol. The Hall–Kier alpha value is -2.42. The van der Waals surface area contributed by atoms with Gasteiger partial charge < -0.3 is 10.6 Å². The molecule has 2 amide bonds. The fraction of sp³-hybridized carbons (Fsp3) is 0.300. The first-order valence-corrected chi connectivity index (χ1v) is 11.1. The average Bonchev–Trinajstić information content (AvgIpc) is 2.87. The third kappa shape index (κ3) is 6.03. The number of fused-ring (bicyclic) bond motifs is 1. The van der Waals surface area contributed by atoms with Gasteiger partial charge in [0.25, 0.3) is 0 Å². The number of carbonyl (C=O) groups excluding carboxylic acids is 2. The van der Waals surface area contributed by atoms with Crippen LogP contribution in [0.4, 0.5) is 5.69 Å². The van der Waals surface area contributed by atoms with Gasteiger partial charge >= 0.3 is 0 Å². The monoisotopic (exact) mass is 435 g/mol. The minimum atomic E-state index is -3.74. The number of carbonyl (C=O) groups is 2. The smallest absolute Gasteiger partial charge is 0.240 e. The normalized spacial score (nSPS) is 13.9. The Labute approximate surface area is 174 Å². The molecule has 0 spiro atoms. The summed E-state index contributed by atoms with van der Waals surface area (Å²) in [6, 6.07) is 11.7. The predicted octanol–water partition coefficient (Wildman–Crippen LogP) is 2.60. The van der Waals surface area contributed by atoms with Crippen LogP contribution in [0.3, 0.4) is 0 Å². The van der Waals surface area contributed by atoms with E-state index in [4.69, 9.17) is 11.6 Å². The Bertz CT molecular complexity index is 1010. The molecule has 0 unspecified atom stereocenters. The Balaban J connectivity index is 1.52. The first-order valence-electron chi connectivity index (χ1n) is 9.27.